The smallest absolute Gasteiger partial charge is 0.163 e. The Morgan fingerprint density at radius 3 is 2.79 bits per heavy atom. The number of hydrogen-bond donors (Lipinski definition) is 0. The number of aryl methyl sites for hydroxylation is 2. The van der Waals surface area contributed by atoms with Crippen LogP contribution in [-0.2, 0) is 13.2 Å². The lowest BCUT2D eigenvalue weighted by atomic mass is 10.1. The van der Waals surface area contributed by atoms with Crippen LogP contribution in [0, 0.1) is 6.92 Å². The molecule has 1 aromatic carbocycles. The molecule has 2 aromatic rings. The first-order valence-corrected chi connectivity index (χ1v) is 6.38. The summed E-state index contributed by atoms with van der Waals surface area (Å²) in [6, 6.07) is 9.30. The Labute approximate surface area is 113 Å². The van der Waals surface area contributed by atoms with E-state index in [4.69, 9.17) is 4.74 Å². The largest absolute Gasteiger partial charge is 0.487 e. The molecule has 0 amide bonds. The number of Topliss-reactive ketones (excluding diaryl/α,β-unsaturated/α-hetero) is 1. The van der Waals surface area contributed by atoms with Gasteiger partial charge in [-0.2, -0.15) is 5.10 Å². The van der Waals surface area contributed by atoms with E-state index in [1.165, 1.54) is 0 Å². The highest BCUT2D eigenvalue weighted by Gasteiger charge is 2.09. The van der Waals surface area contributed by atoms with Crippen molar-refractivity contribution in [1.29, 1.82) is 0 Å². The first kappa shape index (κ1) is 13.3. The molecule has 100 valence electrons. The van der Waals surface area contributed by atoms with Gasteiger partial charge in [0.15, 0.2) is 5.78 Å². The second-order valence-corrected chi connectivity index (χ2v) is 4.43. The van der Waals surface area contributed by atoms with Gasteiger partial charge in [0.25, 0.3) is 0 Å². The fourth-order valence-electron chi connectivity index (χ4n) is 2.02. The summed E-state index contributed by atoms with van der Waals surface area (Å²) in [4.78, 5) is 11.5. The van der Waals surface area contributed by atoms with Crippen LogP contribution in [-0.4, -0.2) is 15.6 Å². The summed E-state index contributed by atoms with van der Waals surface area (Å²) in [7, 11) is 0. The summed E-state index contributed by atoms with van der Waals surface area (Å²) >= 11 is 0. The lowest BCUT2D eigenvalue weighted by Crippen LogP contribution is -2.07. The minimum atomic E-state index is 0.00998. The maximum absolute atomic E-state index is 11.5. The van der Waals surface area contributed by atoms with Gasteiger partial charge in [-0.15, -0.1) is 0 Å². The van der Waals surface area contributed by atoms with Gasteiger partial charge in [-0.25, -0.2) is 0 Å². The van der Waals surface area contributed by atoms with Crippen LogP contribution in [0.2, 0.25) is 0 Å². The number of carbonyl (C=O) groups excluding carboxylic acids is 1. The molecule has 0 bridgehead atoms. The number of ether oxygens (including phenoxy) is 1. The summed E-state index contributed by atoms with van der Waals surface area (Å²) in [5.74, 6) is 0.632. The lowest BCUT2D eigenvalue weighted by Gasteiger charge is -2.10. The van der Waals surface area contributed by atoms with E-state index in [2.05, 4.69) is 5.10 Å². The molecule has 0 N–H and O–H groups in total. The maximum atomic E-state index is 11.5. The normalized spacial score (nSPS) is 10.5. The van der Waals surface area contributed by atoms with Crippen molar-refractivity contribution in [2.75, 3.05) is 0 Å². The highest BCUT2D eigenvalue weighted by atomic mass is 16.5. The van der Waals surface area contributed by atoms with E-state index in [1.54, 1.807) is 13.0 Å². The highest BCUT2D eigenvalue weighted by molar-refractivity contribution is 5.96. The fourth-order valence-corrected chi connectivity index (χ4v) is 2.02. The predicted octanol–water partition coefficient (Wildman–Crippen LogP) is 2.99. The zero-order chi connectivity index (χ0) is 13.8. The quantitative estimate of drug-likeness (QED) is 0.774. The topological polar surface area (TPSA) is 44.1 Å². The van der Waals surface area contributed by atoms with Gasteiger partial charge < -0.3 is 4.74 Å². The van der Waals surface area contributed by atoms with Gasteiger partial charge >= 0.3 is 0 Å². The molecule has 0 saturated heterocycles. The van der Waals surface area contributed by atoms with Crippen molar-refractivity contribution in [2.45, 2.75) is 33.9 Å². The Morgan fingerprint density at radius 1 is 1.37 bits per heavy atom. The van der Waals surface area contributed by atoms with Crippen molar-refractivity contribution in [3.63, 3.8) is 0 Å². The van der Waals surface area contributed by atoms with Crippen LogP contribution >= 0.6 is 0 Å². The van der Waals surface area contributed by atoms with Crippen LogP contribution in [0.25, 0.3) is 0 Å². The molecule has 0 aliphatic carbocycles. The van der Waals surface area contributed by atoms with Gasteiger partial charge in [0, 0.05) is 6.54 Å². The molecule has 0 atom stereocenters. The SMILES string of the molecule is CCn1nc(C)cc1COc1ccccc1C(C)=O. The molecule has 1 aromatic heterocycles. The third kappa shape index (κ3) is 3.02. The van der Waals surface area contributed by atoms with Crippen LogP contribution in [0.15, 0.2) is 30.3 Å². The van der Waals surface area contributed by atoms with Gasteiger partial charge in [-0.1, -0.05) is 12.1 Å². The zero-order valence-corrected chi connectivity index (χ0v) is 11.5. The highest BCUT2D eigenvalue weighted by Crippen LogP contribution is 2.20. The third-order valence-electron chi connectivity index (χ3n) is 2.93. The van der Waals surface area contributed by atoms with Crippen molar-refractivity contribution in [2.24, 2.45) is 0 Å². The average molecular weight is 258 g/mol. The van der Waals surface area contributed by atoms with Crippen LogP contribution < -0.4 is 4.74 Å². The van der Waals surface area contributed by atoms with Crippen LogP contribution in [0.3, 0.4) is 0 Å². The predicted molar refractivity (Wildman–Crippen MR) is 73.4 cm³/mol. The van der Waals surface area contributed by atoms with Crippen molar-refractivity contribution < 1.29 is 9.53 Å². The van der Waals surface area contributed by atoms with Gasteiger partial charge in [-0.05, 0) is 39.0 Å². The monoisotopic (exact) mass is 258 g/mol. The zero-order valence-electron chi connectivity index (χ0n) is 11.5. The molecule has 0 spiro atoms. The number of carbonyl (C=O) groups is 1. The first-order valence-electron chi connectivity index (χ1n) is 6.38. The van der Waals surface area contributed by atoms with Crippen molar-refractivity contribution in [1.82, 2.24) is 9.78 Å². The maximum Gasteiger partial charge on any atom is 0.163 e. The molecule has 0 aliphatic heterocycles. The van der Waals surface area contributed by atoms with Crippen molar-refractivity contribution in [3.05, 3.63) is 47.3 Å². The molecular formula is C15H18N2O2. The standard InChI is InChI=1S/C15H18N2O2/c1-4-17-13(9-11(2)16-17)10-19-15-8-6-5-7-14(15)12(3)18/h5-9H,4,10H2,1-3H3. The number of aromatic nitrogens is 2. The van der Waals surface area contributed by atoms with Crippen LogP contribution in [0.4, 0.5) is 0 Å². The second kappa shape index (κ2) is 5.69. The van der Waals surface area contributed by atoms with Gasteiger partial charge in [0.05, 0.1) is 17.0 Å². The number of nitrogens with zero attached hydrogens (tertiary/aromatic N) is 2. The molecule has 0 fully saturated rings. The minimum Gasteiger partial charge on any atom is -0.487 e. The molecule has 4 heteroatoms. The molecule has 0 saturated carbocycles. The van der Waals surface area contributed by atoms with E-state index in [0.29, 0.717) is 17.9 Å². The molecule has 2 rings (SSSR count). The van der Waals surface area contributed by atoms with Gasteiger partial charge in [0.2, 0.25) is 0 Å². The summed E-state index contributed by atoms with van der Waals surface area (Å²) in [5.41, 5.74) is 2.60. The summed E-state index contributed by atoms with van der Waals surface area (Å²) < 4.78 is 7.67. The minimum absolute atomic E-state index is 0.00998. The number of rotatable bonds is 5. The van der Waals surface area contributed by atoms with Crippen LogP contribution in [0.5, 0.6) is 5.75 Å². The second-order valence-electron chi connectivity index (χ2n) is 4.43. The van der Waals surface area contributed by atoms with Gasteiger partial charge in [-0.3, -0.25) is 9.48 Å². The molecule has 0 aliphatic rings. The Balaban J connectivity index is 2.16. The molecule has 1 heterocycles. The fraction of sp³-hybridized carbons (Fsp3) is 0.333. The molecule has 4 nitrogen and oxygen atoms in total. The lowest BCUT2D eigenvalue weighted by molar-refractivity contribution is 0.101. The van der Waals surface area contributed by atoms with Gasteiger partial charge in [0.1, 0.15) is 12.4 Å². The first-order chi connectivity index (χ1) is 9.11. The third-order valence-corrected chi connectivity index (χ3v) is 2.93. The van der Waals surface area contributed by atoms with Crippen molar-refractivity contribution >= 4 is 5.78 Å². The van der Waals surface area contributed by atoms with E-state index in [0.717, 1.165) is 17.9 Å². The Hall–Kier alpha value is -2.10. The molecular weight excluding hydrogens is 240 g/mol. The summed E-state index contributed by atoms with van der Waals surface area (Å²) in [6.07, 6.45) is 0. The van der Waals surface area contributed by atoms with Crippen molar-refractivity contribution in [3.8, 4) is 5.75 Å². The number of hydrogen-bond acceptors (Lipinski definition) is 3. The molecule has 19 heavy (non-hydrogen) atoms. The summed E-state index contributed by atoms with van der Waals surface area (Å²) in [5, 5.41) is 4.37. The van der Waals surface area contributed by atoms with E-state index >= 15 is 0 Å². The van der Waals surface area contributed by atoms with Crippen LogP contribution in [0.1, 0.15) is 35.6 Å². The molecule has 0 radical (unpaired) electrons. The number of para-hydroxylation sites is 1. The number of benzene rings is 1. The Kier molecular flexibility index (Phi) is 4.00. The number of ketones is 1. The molecule has 0 unspecified atom stereocenters. The van der Waals surface area contributed by atoms with E-state index < -0.39 is 0 Å². The Bertz CT molecular complexity index is 588. The Morgan fingerprint density at radius 2 is 2.11 bits per heavy atom. The van der Waals surface area contributed by atoms with E-state index in [9.17, 15) is 4.79 Å². The van der Waals surface area contributed by atoms with E-state index in [-0.39, 0.29) is 5.78 Å². The van der Waals surface area contributed by atoms with E-state index in [1.807, 2.05) is 42.8 Å². The average Bonchev–Trinajstić information content (AvgIpc) is 2.77. The summed E-state index contributed by atoms with van der Waals surface area (Å²) in [6.45, 7) is 6.77.